The molecule has 1 heterocycles. The average molecular weight is 295 g/mol. The molecule has 21 heavy (non-hydrogen) atoms. The molecule has 0 aromatic heterocycles. The van der Waals surface area contributed by atoms with Crippen molar-refractivity contribution in [3.05, 3.63) is 0 Å². The molecule has 0 aliphatic carbocycles. The summed E-state index contributed by atoms with van der Waals surface area (Å²) in [5, 5.41) is 9.53. The molecule has 0 bridgehead atoms. The minimum Gasteiger partial charge on any atom is -0.463 e. The molecule has 1 aliphatic rings. The number of ether oxygens (including phenoxy) is 1. The lowest BCUT2D eigenvalue weighted by Crippen LogP contribution is -2.59. The zero-order chi connectivity index (χ0) is 16.2. The van der Waals surface area contributed by atoms with E-state index in [-0.39, 0.29) is 24.7 Å². The molecule has 118 valence electrons. The third-order valence-electron chi connectivity index (χ3n) is 3.74. The quantitative estimate of drug-likeness (QED) is 0.745. The van der Waals surface area contributed by atoms with Crippen LogP contribution in [-0.4, -0.2) is 52.6 Å². The summed E-state index contributed by atoms with van der Waals surface area (Å²) in [6.45, 7) is 9.99. The van der Waals surface area contributed by atoms with Crippen LogP contribution in [0.1, 0.15) is 47.5 Å². The Hall–Kier alpha value is -1.77. The highest BCUT2D eigenvalue weighted by molar-refractivity contribution is 5.91. The van der Waals surface area contributed by atoms with Crippen molar-refractivity contribution in [3.63, 3.8) is 0 Å². The van der Waals surface area contributed by atoms with Gasteiger partial charge in [-0.1, -0.05) is 0 Å². The fraction of sp³-hybridized carbons (Fsp3) is 0.800. The van der Waals surface area contributed by atoms with Crippen molar-refractivity contribution in [1.29, 1.82) is 5.26 Å². The number of nitriles is 1. The standard InChI is InChI=1S/C15H25N3O3/c1-6-21-13(19)15(10-16)8-7-9-17(15)14(20)18(11(2)3)12(4)5/h11-12H,6-9H2,1-5H3/t15-/m0/s1. The van der Waals surface area contributed by atoms with Gasteiger partial charge in [0.1, 0.15) is 6.07 Å². The smallest absolute Gasteiger partial charge is 0.347 e. The fourth-order valence-corrected chi connectivity index (χ4v) is 2.88. The van der Waals surface area contributed by atoms with Crippen LogP contribution in [0.25, 0.3) is 0 Å². The Morgan fingerprint density at radius 3 is 2.33 bits per heavy atom. The Morgan fingerprint density at radius 2 is 1.90 bits per heavy atom. The number of amides is 2. The van der Waals surface area contributed by atoms with E-state index in [4.69, 9.17) is 4.74 Å². The van der Waals surface area contributed by atoms with Crippen molar-refractivity contribution in [2.45, 2.75) is 65.1 Å². The van der Waals surface area contributed by atoms with E-state index in [1.54, 1.807) is 11.8 Å². The summed E-state index contributed by atoms with van der Waals surface area (Å²) < 4.78 is 5.03. The van der Waals surface area contributed by atoms with Crippen LogP contribution < -0.4 is 0 Å². The zero-order valence-electron chi connectivity index (χ0n) is 13.5. The first kappa shape index (κ1) is 17.3. The van der Waals surface area contributed by atoms with Gasteiger partial charge in [-0.25, -0.2) is 9.59 Å². The molecular weight excluding hydrogens is 270 g/mol. The monoisotopic (exact) mass is 295 g/mol. The van der Waals surface area contributed by atoms with Crippen molar-refractivity contribution in [2.24, 2.45) is 0 Å². The number of carbonyl (C=O) groups is 2. The molecule has 0 unspecified atom stereocenters. The summed E-state index contributed by atoms with van der Waals surface area (Å²) >= 11 is 0. The van der Waals surface area contributed by atoms with Crippen LogP contribution in [-0.2, 0) is 9.53 Å². The van der Waals surface area contributed by atoms with Gasteiger partial charge in [-0.05, 0) is 47.5 Å². The number of carbonyl (C=O) groups excluding carboxylic acids is 2. The predicted octanol–water partition coefficient (Wildman–Crippen LogP) is 2.15. The Morgan fingerprint density at radius 1 is 1.33 bits per heavy atom. The SMILES string of the molecule is CCOC(=O)[C@@]1(C#N)CCCN1C(=O)N(C(C)C)C(C)C. The molecule has 1 fully saturated rings. The molecule has 0 radical (unpaired) electrons. The second-order valence-electron chi connectivity index (χ2n) is 5.83. The summed E-state index contributed by atoms with van der Waals surface area (Å²) in [5.74, 6) is -0.620. The number of urea groups is 1. The lowest BCUT2D eigenvalue weighted by molar-refractivity contribution is -0.151. The van der Waals surface area contributed by atoms with Crippen LogP contribution in [0.4, 0.5) is 4.79 Å². The molecule has 1 aliphatic heterocycles. The molecule has 0 spiro atoms. The number of likely N-dealkylation sites (tertiary alicyclic amines) is 1. The maximum atomic E-state index is 12.8. The Labute approximate surface area is 126 Å². The van der Waals surface area contributed by atoms with Crippen molar-refractivity contribution in [3.8, 4) is 6.07 Å². The van der Waals surface area contributed by atoms with E-state index in [0.717, 1.165) is 0 Å². The normalized spacial score (nSPS) is 21.5. The maximum absolute atomic E-state index is 12.8. The first-order valence-corrected chi connectivity index (χ1v) is 7.50. The van der Waals surface area contributed by atoms with Gasteiger partial charge in [0.15, 0.2) is 0 Å². The molecule has 0 aromatic carbocycles. The van der Waals surface area contributed by atoms with Gasteiger partial charge in [-0.2, -0.15) is 5.26 Å². The van der Waals surface area contributed by atoms with Crippen LogP contribution in [0.15, 0.2) is 0 Å². The maximum Gasteiger partial charge on any atom is 0.347 e. The molecule has 2 amide bonds. The molecule has 0 aromatic rings. The highest BCUT2D eigenvalue weighted by Crippen LogP contribution is 2.32. The van der Waals surface area contributed by atoms with Crippen LogP contribution in [0.5, 0.6) is 0 Å². The third kappa shape index (κ3) is 3.12. The van der Waals surface area contributed by atoms with E-state index in [9.17, 15) is 14.9 Å². The molecule has 6 nitrogen and oxygen atoms in total. The average Bonchev–Trinajstić information content (AvgIpc) is 2.82. The van der Waals surface area contributed by atoms with Gasteiger partial charge >= 0.3 is 12.0 Å². The summed E-state index contributed by atoms with van der Waals surface area (Å²) in [6, 6.07) is 1.75. The van der Waals surface area contributed by atoms with Crippen LogP contribution in [0.3, 0.4) is 0 Å². The molecule has 1 saturated heterocycles. The Balaban J connectivity index is 3.12. The largest absolute Gasteiger partial charge is 0.463 e. The van der Waals surface area contributed by atoms with Gasteiger partial charge in [0.2, 0.25) is 5.54 Å². The topological polar surface area (TPSA) is 73.6 Å². The van der Waals surface area contributed by atoms with Gasteiger partial charge < -0.3 is 9.64 Å². The fourth-order valence-electron chi connectivity index (χ4n) is 2.88. The molecule has 0 N–H and O–H groups in total. The van der Waals surface area contributed by atoms with Crippen molar-refractivity contribution in [2.75, 3.05) is 13.2 Å². The third-order valence-corrected chi connectivity index (χ3v) is 3.74. The number of hydrogen-bond acceptors (Lipinski definition) is 4. The first-order valence-electron chi connectivity index (χ1n) is 7.50. The van der Waals surface area contributed by atoms with E-state index < -0.39 is 11.5 Å². The van der Waals surface area contributed by atoms with Crippen LogP contribution in [0.2, 0.25) is 0 Å². The highest BCUT2D eigenvalue weighted by Gasteiger charge is 2.53. The molecule has 1 rings (SSSR count). The first-order chi connectivity index (χ1) is 9.81. The Kier molecular flexibility index (Phi) is 5.59. The predicted molar refractivity (Wildman–Crippen MR) is 78.4 cm³/mol. The summed E-state index contributed by atoms with van der Waals surface area (Å²) in [5.41, 5.74) is -1.48. The molecular formula is C15H25N3O3. The van der Waals surface area contributed by atoms with E-state index in [0.29, 0.717) is 19.4 Å². The van der Waals surface area contributed by atoms with E-state index in [1.807, 2.05) is 33.8 Å². The minimum atomic E-state index is -1.48. The van der Waals surface area contributed by atoms with Gasteiger partial charge in [-0.15, -0.1) is 0 Å². The minimum absolute atomic E-state index is 0.00307. The summed E-state index contributed by atoms with van der Waals surface area (Å²) in [6.07, 6.45) is 0.959. The lowest BCUT2D eigenvalue weighted by Gasteiger charge is -2.38. The summed E-state index contributed by atoms with van der Waals surface area (Å²) in [4.78, 5) is 28.1. The zero-order valence-corrected chi connectivity index (χ0v) is 13.5. The van der Waals surface area contributed by atoms with Gasteiger partial charge in [-0.3, -0.25) is 4.90 Å². The number of esters is 1. The lowest BCUT2D eigenvalue weighted by atomic mass is 9.98. The second-order valence-corrected chi connectivity index (χ2v) is 5.83. The van der Waals surface area contributed by atoms with Crippen molar-refractivity contribution < 1.29 is 14.3 Å². The number of nitrogens with zero attached hydrogens (tertiary/aromatic N) is 3. The highest BCUT2D eigenvalue weighted by atomic mass is 16.5. The van der Waals surface area contributed by atoms with Crippen molar-refractivity contribution in [1.82, 2.24) is 9.80 Å². The number of rotatable bonds is 4. The number of hydrogen-bond donors (Lipinski definition) is 0. The molecule has 1 atom stereocenters. The van der Waals surface area contributed by atoms with Gasteiger partial charge in [0.25, 0.3) is 0 Å². The van der Waals surface area contributed by atoms with E-state index >= 15 is 0 Å². The van der Waals surface area contributed by atoms with Crippen LogP contribution >= 0.6 is 0 Å². The van der Waals surface area contributed by atoms with Gasteiger partial charge in [0, 0.05) is 18.6 Å². The van der Waals surface area contributed by atoms with Crippen LogP contribution in [0, 0.1) is 11.3 Å². The second kappa shape index (κ2) is 6.79. The van der Waals surface area contributed by atoms with E-state index in [2.05, 4.69) is 0 Å². The molecule has 6 heteroatoms. The Bertz CT molecular complexity index is 434. The van der Waals surface area contributed by atoms with Gasteiger partial charge in [0.05, 0.1) is 6.61 Å². The molecule has 0 saturated carbocycles. The van der Waals surface area contributed by atoms with Crippen molar-refractivity contribution >= 4 is 12.0 Å². The van der Waals surface area contributed by atoms with E-state index in [1.165, 1.54) is 4.90 Å². The summed E-state index contributed by atoms with van der Waals surface area (Å²) in [7, 11) is 0.